The third kappa shape index (κ3) is 3.24. The minimum atomic E-state index is 0.165. The van der Waals surface area contributed by atoms with Crippen LogP contribution >= 0.6 is 0 Å². The van der Waals surface area contributed by atoms with Crippen molar-refractivity contribution < 1.29 is 4.79 Å². The van der Waals surface area contributed by atoms with Crippen LogP contribution in [0.4, 0.5) is 0 Å². The van der Waals surface area contributed by atoms with E-state index in [1.807, 2.05) is 25.1 Å². The molecule has 1 aromatic carbocycles. The number of Topliss-reactive ketones (excluding diaryl/α,β-unsaturated/α-hetero) is 1. The number of ketones is 1. The average Bonchev–Trinajstić information content (AvgIpc) is 3.00. The molecule has 3 aromatic rings. The summed E-state index contributed by atoms with van der Waals surface area (Å²) in [4.78, 5) is 19.7. The van der Waals surface area contributed by atoms with Gasteiger partial charge in [-0.3, -0.25) is 14.7 Å². The number of nitrogens with zero attached hydrogens (tertiary/aromatic N) is 4. The van der Waals surface area contributed by atoms with Crippen LogP contribution in [0.3, 0.4) is 0 Å². The molecule has 1 saturated heterocycles. The largest absolute Gasteiger partial charge is 0.312 e. The maximum absolute atomic E-state index is 13.2. The van der Waals surface area contributed by atoms with Crippen molar-refractivity contribution in [3.05, 3.63) is 59.5 Å². The number of carbonyl (C=O) groups excluding carboxylic acids is 1. The van der Waals surface area contributed by atoms with E-state index in [1.54, 1.807) is 24.5 Å². The highest BCUT2D eigenvalue weighted by molar-refractivity contribution is 6.10. The molecule has 1 aliphatic rings. The second-order valence-electron chi connectivity index (χ2n) is 7.11. The van der Waals surface area contributed by atoms with Gasteiger partial charge in [0.1, 0.15) is 0 Å². The van der Waals surface area contributed by atoms with Crippen LogP contribution in [0.5, 0.6) is 0 Å². The van der Waals surface area contributed by atoms with Gasteiger partial charge < -0.3 is 4.57 Å². The molecule has 1 aliphatic heterocycles. The van der Waals surface area contributed by atoms with Gasteiger partial charge in [0.25, 0.3) is 0 Å². The molecular formula is C22H22N4O. The van der Waals surface area contributed by atoms with Crippen molar-refractivity contribution >= 4 is 16.7 Å². The van der Waals surface area contributed by atoms with E-state index in [0.717, 1.165) is 40.9 Å². The molecule has 27 heavy (non-hydrogen) atoms. The number of benzene rings is 1. The molecule has 3 heterocycles. The summed E-state index contributed by atoms with van der Waals surface area (Å²) in [6.07, 6.45) is 7.14. The summed E-state index contributed by atoms with van der Waals surface area (Å²) in [5, 5.41) is 9.98. The third-order valence-electron chi connectivity index (χ3n) is 5.36. The Morgan fingerprint density at radius 2 is 1.89 bits per heavy atom. The summed E-state index contributed by atoms with van der Waals surface area (Å²) in [5.74, 6) is 0.165. The molecule has 0 saturated carbocycles. The lowest BCUT2D eigenvalue weighted by Crippen LogP contribution is -2.34. The van der Waals surface area contributed by atoms with Crippen molar-refractivity contribution in [2.75, 3.05) is 19.6 Å². The van der Waals surface area contributed by atoms with Gasteiger partial charge in [-0.2, -0.15) is 5.26 Å². The van der Waals surface area contributed by atoms with E-state index in [4.69, 9.17) is 5.26 Å². The van der Waals surface area contributed by atoms with Crippen LogP contribution < -0.4 is 0 Å². The van der Waals surface area contributed by atoms with Gasteiger partial charge in [0, 0.05) is 28.5 Å². The highest BCUT2D eigenvalue weighted by atomic mass is 16.1. The number of pyridine rings is 1. The maximum Gasteiger partial charge on any atom is 0.179 e. The number of carbonyl (C=O) groups is 1. The van der Waals surface area contributed by atoms with Crippen LogP contribution in [0, 0.1) is 18.3 Å². The number of rotatable bonds is 4. The molecule has 136 valence electrons. The Bertz CT molecular complexity index is 1020. The van der Waals surface area contributed by atoms with Crippen LogP contribution in [-0.2, 0) is 0 Å². The lowest BCUT2D eigenvalue weighted by atomic mass is 10.1. The van der Waals surface area contributed by atoms with Gasteiger partial charge >= 0.3 is 0 Å². The van der Waals surface area contributed by atoms with Crippen LogP contribution in [0.1, 0.15) is 40.9 Å². The molecule has 0 bridgehead atoms. The lowest BCUT2D eigenvalue weighted by Gasteiger charge is -2.25. The molecule has 0 atom stereocenters. The minimum absolute atomic E-state index is 0.165. The van der Waals surface area contributed by atoms with Crippen LogP contribution in [-0.4, -0.2) is 39.9 Å². The molecule has 1 fully saturated rings. The van der Waals surface area contributed by atoms with E-state index in [1.165, 1.54) is 19.3 Å². The van der Waals surface area contributed by atoms with E-state index >= 15 is 0 Å². The van der Waals surface area contributed by atoms with Gasteiger partial charge in [0.2, 0.25) is 0 Å². The summed E-state index contributed by atoms with van der Waals surface area (Å²) < 4.78 is 2.06. The Labute approximate surface area is 158 Å². The van der Waals surface area contributed by atoms with E-state index in [0.29, 0.717) is 12.1 Å². The summed E-state index contributed by atoms with van der Waals surface area (Å²) in [7, 11) is 0. The Morgan fingerprint density at radius 1 is 1.15 bits per heavy atom. The first-order chi connectivity index (χ1) is 13.2. The first-order valence-electron chi connectivity index (χ1n) is 9.40. The van der Waals surface area contributed by atoms with Crippen LogP contribution in [0.2, 0.25) is 0 Å². The fourth-order valence-corrected chi connectivity index (χ4v) is 4.03. The van der Waals surface area contributed by atoms with Crippen molar-refractivity contribution in [3.8, 4) is 11.8 Å². The van der Waals surface area contributed by atoms with Crippen molar-refractivity contribution in [2.24, 2.45) is 0 Å². The first kappa shape index (κ1) is 17.4. The standard InChI is InChI=1S/C22H22N4O/c1-16-22(21(27)15-25-11-3-2-4-12-25)19-9-10-24-14-20(19)26(16)18-7-5-17(13-23)6-8-18/h5-10,14H,2-4,11-12,15H2,1H3. The van der Waals surface area contributed by atoms with Gasteiger partial charge in [-0.05, 0) is 63.2 Å². The molecular weight excluding hydrogens is 336 g/mol. The molecule has 5 heteroatoms. The second-order valence-corrected chi connectivity index (χ2v) is 7.11. The van der Waals surface area contributed by atoms with Gasteiger partial charge in [-0.25, -0.2) is 0 Å². The molecule has 0 spiro atoms. The number of hydrogen-bond acceptors (Lipinski definition) is 4. The minimum Gasteiger partial charge on any atom is -0.312 e. The van der Waals surface area contributed by atoms with Crippen molar-refractivity contribution in [1.82, 2.24) is 14.5 Å². The zero-order valence-electron chi connectivity index (χ0n) is 15.5. The number of aromatic nitrogens is 2. The number of fused-ring (bicyclic) bond motifs is 1. The van der Waals surface area contributed by atoms with Crippen molar-refractivity contribution in [1.29, 1.82) is 5.26 Å². The molecule has 0 radical (unpaired) electrons. The van der Waals surface area contributed by atoms with Crippen LogP contribution in [0.25, 0.3) is 16.6 Å². The molecule has 0 N–H and O–H groups in total. The number of hydrogen-bond donors (Lipinski definition) is 0. The molecule has 2 aromatic heterocycles. The highest BCUT2D eigenvalue weighted by Crippen LogP contribution is 2.29. The average molecular weight is 358 g/mol. The molecule has 0 unspecified atom stereocenters. The van der Waals surface area contributed by atoms with Gasteiger partial charge in [-0.1, -0.05) is 6.42 Å². The summed E-state index contributed by atoms with van der Waals surface area (Å²) in [5.41, 5.74) is 4.17. The zero-order chi connectivity index (χ0) is 18.8. The first-order valence-corrected chi connectivity index (χ1v) is 9.40. The number of likely N-dealkylation sites (tertiary alicyclic amines) is 1. The Balaban J connectivity index is 1.78. The fourth-order valence-electron chi connectivity index (χ4n) is 4.03. The summed E-state index contributed by atoms with van der Waals surface area (Å²) in [6.45, 7) is 4.46. The predicted molar refractivity (Wildman–Crippen MR) is 105 cm³/mol. The third-order valence-corrected chi connectivity index (χ3v) is 5.36. The number of piperidine rings is 1. The topological polar surface area (TPSA) is 61.9 Å². The van der Waals surface area contributed by atoms with E-state index in [9.17, 15) is 4.79 Å². The predicted octanol–water partition coefficient (Wildman–Crippen LogP) is 3.87. The monoisotopic (exact) mass is 358 g/mol. The van der Waals surface area contributed by atoms with Crippen molar-refractivity contribution in [2.45, 2.75) is 26.2 Å². The second kappa shape index (κ2) is 7.34. The SMILES string of the molecule is Cc1c(C(=O)CN2CCCCC2)c2ccncc2n1-c1ccc(C#N)cc1. The summed E-state index contributed by atoms with van der Waals surface area (Å²) >= 11 is 0. The quantitative estimate of drug-likeness (QED) is 0.664. The highest BCUT2D eigenvalue weighted by Gasteiger charge is 2.23. The smallest absolute Gasteiger partial charge is 0.179 e. The molecule has 5 nitrogen and oxygen atoms in total. The Kier molecular flexibility index (Phi) is 4.74. The van der Waals surface area contributed by atoms with Gasteiger partial charge in [0.05, 0.1) is 29.9 Å². The number of nitriles is 1. The van der Waals surface area contributed by atoms with Crippen LogP contribution in [0.15, 0.2) is 42.7 Å². The summed E-state index contributed by atoms with van der Waals surface area (Å²) in [6, 6.07) is 11.5. The molecule has 4 rings (SSSR count). The lowest BCUT2D eigenvalue weighted by molar-refractivity contribution is 0.0916. The molecule has 0 amide bonds. The normalized spacial score (nSPS) is 15.0. The van der Waals surface area contributed by atoms with E-state index in [-0.39, 0.29) is 5.78 Å². The van der Waals surface area contributed by atoms with E-state index < -0.39 is 0 Å². The Morgan fingerprint density at radius 3 is 2.59 bits per heavy atom. The fraction of sp³-hybridized carbons (Fsp3) is 0.318. The zero-order valence-corrected chi connectivity index (χ0v) is 15.5. The van der Waals surface area contributed by atoms with Gasteiger partial charge in [0.15, 0.2) is 5.78 Å². The van der Waals surface area contributed by atoms with Crippen molar-refractivity contribution in [3.63, 3.8) is 0 Å². The molecule has 0 aliphatic carbocycles. The van der Waals surface area contributed by atoms with E-state index in [2.05, 4.69) is 20.5 Å². The Hall–Kier alpha value is -2.97. The van der Waals surface area contributed by atoms with Gasteiger partial charge in [-0.15, -0.1) is 0 Å². The maximum atomic E-state index is 13.2.